The second-order valence-electron chi connectivity index (χ2n) is 8.57. The summed E-state index contributed by atoms with van der Waals surface area (Å²) in [5, 5.41) is 9.24. The summed E-state index contributed by atoms with van der Waals surface area (Å²) in [7, 11) is 0. The summed E-state index contributed by atoms with van der Waals surface area (Å²) in [5.74, 6) is -1.27. The molecule has 1 N–H and O–H groups in total. The van der Waals surface area contributed by atoms with E-state index in [4.69, 9.17) is 5.10 Å². The average Bonchev–Trinajstić information content (AvgIpc) is 3.53. The number of rotatable bonds is 5. The topological polar surface area (TPSA) is 80.1 Å². The molecule has 5 rings (SSSR count). The molecule has 0 fully saturated rings. The van der Waals surface area contributed by atoms with Crippen LogP contribution in [0.15, 0.2) is 65.5 Å². The lowest BCUT2D eigenvalue weighted by molar-refractivity contribution is -0.137. The molecule has 2 atom stereocenters. The van der Waals surface area contributed by atoms with Gasteiger partial charge in [0.25, 0.3) is 11.8 Å². The Kier molecular flexibility index (Phi) is 6.32. The first kappa shape index (κ1) is 24.7. The maximum absolute atomic E-state index is 13.9. The van der Waals surface area contributed by atoms with Crippen LogP contribution in [0.1, 0.15) is 45.7 Å². The molecule has 4 aromatic rings. The fourth-order valence-electron chi connectivity index (χ4n) is 4.69. The summed E-state index contributed by atoms with van der Waals surface area (Å²) in [6.07, 6.45) is -4.60. The number of likely N-dealkylation sites (N-methyl/N-ethyl adjacent to an activating group) is 1. The molecule has 0 spiro atoms. The molecule has 37 heavy (non-hydrogen) atoms. The molecule has 11 heteroatoms. The van der Waals surface area contributed by atoms with E-state index in [9.17, 15) is 22.8 Å². The Bertz CT molecular complexity index is 1450. The number of anilines is 1. The fraction of sp³-hybridized carbons (Fsp3) is 0.231. The molecule has 1 aliphatic rings. The van der Waals surface area contributed by atoms with Gasteiger partial charge in [0.05, 0.1) is 34.1 Å². The maximum atomic E-state index is 13.9. The number of aryl methyl sites for hydroxylation is 1. The third kappa shape index (κ3) is 4.39. The normalized spacial score (nSPS) is 17.5. The molecule has 7 nitrogen and oxygen atoms in total. The molecule has 2 amide bonds. The van der Waals surface area contributed by atoms with Gasteiger partial charge in [-0.3, -0.25) is 14.5 Å². The van der Waals surface area contributed by atoms with E-state index in [0.717, 1.165) is 23.4 Å². The van der Waals surface area contributed by atoms with Gasteiger partial charge in [-0.1, -0.05) is 24.3 Å². The molecule has 0 radical (unpaired) electrons. The largest absolute Gasteiger partial charge is 0.416 e. The van der Waals surface area contributed by atoms with Crippen molar-refractivity contribution in [1.29, 1.82) is 0 Å². The molecule has 0 bridgehead atoms. The second-order valence-corrected chi connectivity index (χ2v) is 9.29. The Labute approximate surface area is 214 Å². The van der Waals surface area contributed by atoms with Crippen LogP contribution in [0.3, 0.4) is 0 Å². The van der Waals surface area contributed by atoms with Crippen molar-refractivity contribution in [3.8, 4) is 5.69 Å². The summed E-state index contributed by atoms with van der Waals surface area (Å²) in [6.45, 7) is 3.94. The van der Waals surface area contributed by atoms with Gasteiger partial charge in [-0.15, -0.1) is 11.3 Å². The van der Waals surface area contributed by atoms with E-state index in [1.165, 1.54) is 23.5 Å². The number of benzene rings is 2. The Morgan fingerprint density at radius 3 is 2.54 bits per heavy atom. The summed E-state index contributed by atoms with van der Waals surface area (Å²) in [5.41, 5.74) is 3.22. The number of carbonyl (C=O) groups excluding carboxylic acids is 2. The summed E-state index contributed by atoms with van der Waals surface area (Å²) in [6, 6.07) is 12.4. The number of hydrogen-bond donors (Lipinski definition) is 1. The van der Waals surface area contributed by atoms with Crippen LogP contribution < -0.4 is 10.2 Å². The molecule has 190 valence electrons. The Morgan fingerprint density at radius 1 is 1.14 bits per heavy atom. The van der Waals surface area contributed by atoms with Crippen LogP contribution in [0.5, 0.6) is 0 Å². The molecule has 0 aliphatic carbocycles. The number of hydrogen-bond acceptors (Lipinski definition) is 5. The third-order valence-corrected chi connectivity index (χ3v) is 6.94. The molecular weight excluding hydrogens is 503 g/mol. The van der Waals surface area contributed by atoms with Gasteiger partial charge in [0.15, 0.2) is 0 Å². The molecule has 0 unspecified atom stereocenters. The van der Waals surface area contributed by atoms with Crippen molar-refractivity contribution in [1.82, 2.24) is 20.1 Å². The van der Waals surface area contributed by atoms with Gasteiger partial charge in [0, 0.05) is 23.1 Å². The SMILES string of the molecule is CCN1C(=O)[C@@H](NC(=O)c2cccc(C(F)(F)F)c2)[C@@H](c2cscn2)c2c(C)nn(-c3ccccc3)c21. The van der Waals surface area contributed by atoms with Crippen LogP contribution in [0.2, 0.25) is 0 Å². The minimum absolute atomic E-state index is 0.190. The molecule has 2 aromatic carbocycles. The Hall–Kier alpha value is -3.99. The van der Waals surface area contributed by atoms with Gasteiger partial charge in [0.2, 0.25) is 0 Å². The Balaban J connectivity index is 1.62. The summed E-state index contributed by atoms with van der Waals surface area (Å²) < 4.78 is 41.4. The zero-order chi connectivity index (χ0) is 26.3. The van der Waals surface area contributed by atoms with Gasteiger partial charge in [-0.25, -0.2) is 9.67 Å². The number of halogens is 3. The molecule has 0 saturated heterocycles. The van der Waals surface area contributed by atoms with Crippen molar-refractivity contribution in [2.45, 2.75) is 32.0 Å². The number of para-hydroxylation sites is 1. The van der Waals surface area contributed by atoms with Crippen molar-refractivity contribution >= 4 is 29.0 Å². The highest BCUT2D eigenvalue weighted by atomic mass is 32.1. The van der Waals surface area contributed by atoms with Crippen molar-refractivity contribution in [3.05, 3.63) is 93.6 Å². The predicted molar refractivity (Wildman–Crippen MR) is 133 cm³/mol. The highest BCUT2D eigenvalue weighted by Crippen LogP contribution is 2.43. The lowest BCUT2D eigenvalue weighted by atomic mass is 9.84. The minimum Gasteiger partial charge on any atom is -0.339 e. The van der Waals surface area contributed by atoms with E-state index in [1.54, 1.807) is 20.5 Å². The van der Waals surface area contributed by atoms with Crippen LogP contribution >= 0.6 is 11.3 Å². The quantitative estimate of drug-likeness (QED) is 0.400. The van der Waals surface area contributed by atoms with E-state index < -0.39 is 35.5 Å². The predicted octanol–water partition coefficient (Wildman–Crippen LogP) is 4.95. The Morgan fingerprint density at radius 2 is 1.89 bits per heavy atom. The number of fused-ring (bicyclic) bond motifs is 1. The van der Waals surface area contributed by atoms with Crippen LogP contribution in [0.25, 0.3) is 5.69 Å². The monoisotopic (exact) mass is 525 g/mol. The molecule has 3 heterocycles. The van der Waals surface area contributed by atoms with E-state index in [2.05, 4.69) is 10.3 Å². The van der Waals surface area contributed by atoms with Crippen molar-refractivity contribution < 1.29 is 22.8 Å². The summed E-state index contributed by atoms with van der Waals surface area (Å²) in [4.78, 5) is 33.0. The van der Waals surface area contributed by atoms with Crippen molar-refractivity contribution in [3.63, 3.8) is 0 Å². The van der Waals surface area contributed by atoms with E-state index >= 15 is 0 Å². The van der Waals surface area contributed by atoms with Gasteiger partial charge in [-0.2, -0.15) is 18.3 Å². The van der Waals surface area contributed by atoms with Gasteiger partial charge < -0.3 is 5.32 Å². The molecule has 1 aliphatic heterocycles. The number of alkyl halides is 3. The average molecular weight is 526 g/mol. The van der Waals surface area contributed by atoms with Crippen LogP contribution in [0.4, 0.5) is 19.0 Å². The molecule has 0 saturated carbocycles. The van der Waals surface area contributed by atoms with E-state index in [0.29, 0.717) is 23.8 Å². The number of nitrogens with one attached hydrogen (secondary N) is 1. The molecule has 2 aromatic heterocycles. The lowest BCUT2D eigenvalue weighted by Gasteiger charge is -2.37. The smallest absolute Gasteiger partial charge is 0.339 e. The summed E-state index contributed by atoms with van der Waals surface area (Å²) >= 11 is 1.35. The lowest BCUT2D eigenvalue weighted by Crippen LogP contribution is -2.55. The van der Waals surface area contributed by atoms with Gasteiger partial charge in [-0.05, 0) is 44.2 Å². The van der Waals surface area contributed by atoms with Crippen LogP contribution in [-0.2, 0) is 11.0 Å². The zero-order valence-corrected chi connectivity index (χ0v) is 20.7. The van der Waals surface area contributed by atoms with Gasteiger partial charge in [0.1, 0.15) is 11.9 Å². The van der Waals surface area contributed by atoms with E-state index in [-0.39, 0.29) is 5.56 Å². The van der Waals surface area contributed by atoms with Crippen LogP contribution in [-0.4, -0.2) is 39.2 Å². The number of nitrogens with zero attached hydrogens (tertiary/aromatic N) is 4. The van der Waals surface area contributed by atoms with Crippen molar-refractivity contribution in [2.24, 2.45) is 0 Å². The number of thiazole rings is 1. The standard InChI is InChI=1S/C26H22F3N5O2S/c1-3-33-24-20(15(2)32-34(24)18-10-5-4-6-11-18)21(19-13-37-14-30-19)22(25(33)36)31-23(35)16-8-7-9-17(12-16)26(27,28)29/h4-14,21-22H,3H2,1-2H3,(H,31,35)/t21-,22-/m0/s1. The minimum atomic E-state index is -4.60. The molecular formula is C26H22F3N5O2S. The first-order valence-corrected chi connectivity index (χ1v) is 12.5. The number of carbonyl (C=O) groups is 2. The second kappa shape index (κ2) is 9.47. The first-order valence-electron chi connectivity index (χ1n) is 11.5. The highest BCUT2D eigenvalue weighted by Gasteiger charge is 2.46. The highest BCUT2D eigenvalue weighted by molar-refractivity contribution is 7.07. The van der Waals surface area contributed by atoms with Gasteiger partial charge >= 0.3 is 6.18 Å². The first-order chi connectivity index (χ1) is 17.7. The maximum Gasteiger partial charge on any atom is 0.416 e. The third-order valence-electron chi connectivity index (χ3n) is 6.34. The number of amides is 2. The van der Waals surface area contributed by atoms with Crippen LogP contribution in [0, 0.1) is 6.92 Å². The fourth-order valence-corrected chi connectivity index (χ4v) is 5.28. The number of aromatic nitrogens is 3. The van der Waals surface area contributed by atoms with E-state index in [1.807, 2.05) is 44.2 Å². The van der Waals surface area contributed by atoms with Crippen molar-refractivity contribution in [2.75, 3.05) is 11.4 Å². The zero-order valence-electron chi connectivity index (χ0n) is 19.9.